The van der Waals surface area contributed by atoms with E-state index in [1.165, 1.54) is 0 Å². The van der Waals surface area contributed by atoms with Gasteiger partial charge in [0.2, 0.25) is 0 Å². The maximum absolute atomic E-state index is 12.5. The van der Waals surface area contributed by atoms with Crippen LogP contribution in [0.4, 0.5) is 0 Å². The molecular formula is C21H24O8. The van der Waals surface area contributed by atoms with Crippen LogP contribution in [0.5, 0.6) is 5.75 Å². The lowest BCUT2D eigenvalue weighted by Gasteiger charge is -2.37. The number of esters is 1. The molecule has 3 rings (SSSR count). The van der Waals surface area contributed by atoms with Crippen LogP contribution >= 0.6 is 0 Å². The van der Waals surface area contributed by atoms with Crippen molar-refractivity contribution in [1.29, 1.82) is 0 Å². The van der Waals surface area contributed by atoms with Crippen LogP contribution in [0.15, 0.2) is 48.5 Å². The van der Waals surface area contributed by atoms with E-state index in [0.717, 1.165) is 5.56 Å². The topological polar surface area (TPSA) is 126 Å². The molecule has 8 heteroatoms. The number of hydrogen-bond donors (Lipinski definition) is 4. The SMILES string of the molecule is Cc1ccc(OCc2ccccc2)cc1C(=O)OC[C@H]1OC(O)[C@H](O)[C@@H](O)[C@H]1O. The van der Waals surface area contributed by atoms with E-state index in [1.807, 2.05) is 30.3 Å². The summed E-state index contributed by atoms with van der Waals surface area (Å²) in [6.07, 6.45) is -7.63. The summed E-state index contributed by atoms with van der Waals surface area (Å²) >= 11 is 0. The molecule has 0 saturated carbocycles. The van der Waals surface area contributed by atoms with Crippen LogP contribution in [-0.2, 0) is 16.1 Å². The number of carbonyl (C=O) groups is 1. The Labute approximate surface area is 167 Å². The highest BCUT2D eigenvalue weighted by atomic mass is 16.6. The highest BCUT2D eigenvalue weighted by molar-refractivity contribution is 5.91. The van der Waals surface area contributed by atoms with Gasteiger partial charge in [0.05, 0.1) is 5.56 Å². The fraction of sp³-hybridized carbons (Fsp3) is 0.381. The van der Waals surface area contributed by atoms with Gasteiger partial charge in [-0.25, -0.2) is 4.79 Å². The lowest BCUT2D eigenvalue weighted by atomic mass is 9.99. The summed E-state index contributed by atoms with van der Waals surface area (Å²) in [5.41, 5.74) is 1.93. The molecule has 156 valence electrons. The van der Waals surface area contributed by atoms with E-state index in [1.54, 1.807) is 25.1 Å². The largest absolute Gasteiger partial charge is 0.489 e. The molecule has 0 amide bonds. The summed E-state index contributed by atoms with van der Waals surface area (Å²) in [5.74, 6) is -0.173. The Kier molecular flexibility index (Phi) is 6.83. The molecule has 0 radical (unpaired) electrons. The van der Waals surface area contributed by atoms with Gasteiger partial charge in [0.1, 0.15) is 43.4 Å². The molecule has 5 atom stereocenters. The molecule has 1 heterocycles. The second-order valence-electron chi connectivity index (χ2n) is 6.89. The van der Waals surface area contributed by atoms with Gasteiger partial charge < -0.3 is 34.6 Å². The molecule has 1 saturated heterocycles. The van der Waals surface area contributed by atoms with Gasteiger partial charge in [0.25, 0.3) is 0 Å². The van der Waals surface area contributed by atoms with Gasteiger partial charge in [0, 0.05) is 0 Å². The predicted molar refractivity (Wildman–Crippen MR) is 101 cm³/mol. The van der Waals surface area contributed by atoms with Crippen LogP contribution in [-0.4, -0.2) is 63.7 Å². The van der Waals surface area contributed by atoms with Crippen molar-refractivity contribution in [3.8, 4) is 5.75 Å². The van der Waals surface area contributed by atoms with E-state index in [9.17, 15) is 25.2 Å². The fourth-order valence-corrected chi connectivity index (χ4v) is 2.96. The van der Waals surface area contributed by atoms with E-state index in [4.69, 9.17) is 14.2 Å². The van der Waals surface area contributed by atoms with Gasteiger partial charge >= 0.3 is 5.97 Å². The van der Waals surface area contributed by atoms with E-state index < -0.39 is 43.3 Å². The van der Waals surface area contributed by atoms with Crippen molar-refractivity contribution in [2.45, 2.75) is 44.2 Å². The van der Waals surface area contributed by atoms with Crippen molar-refractivity contribution in [2.75, 3.05) is 6.61 Å². The Hall–Kier alpha value is -2.49. The van der Waals surface area contributed by atoms with Crippen molar-refractivity contribution in [1.82, 2.24) is 0 Å². The first-order valence-electron chi connectivity index (χ1n) is 9.19. The van der Waals surface area contributed by atoms with Crippen molar-refractivity contribution < 1.29 is 39.4 Å². The fourth-order valence-electron chi connectivity index (χ4n) is 2.96. The normalized spacial score (nSPS) is 26.7. The molecular weight excluding hydrogens is 380 g/mol. The highest BCUT2D eigenvalue weighted by Crippen LogP contribution is 2.22. The Balaban J connectivity index is 1.61. The number of benzene rings is 2. The average molecular weight is 404 g/mol. The van der Waals surface area contributed by atoms with Crippen molar-refractivity contribution in [3.63, 3.8) is 0 Å². The molecule has 8 nitrogen and oxygen atoms in total. The molecule has 2 aromatic carbocycles. The monoisotopic (exact) mass is 404 g/mol. The zero-order valence-electron chi connectivity index (χ0n) is 15.8. The van der Waals surface area contributed by atoms with Crippen molar-refractivity contribution in [2.24, 2.45) is 0 Å². The minimum atomic E-state index is -1.69. The van der Waals surface area contributed by atoms with E-state index >= 15 is 0 Å². The predicted octanol–water partition coefficient (Wildman–Crippen LogP) is 0.531. The minimum absolute atomic E-state index is 0.280. The summed E-state index contributed by atoms with van der Waals surface area (Å²) in [6.45, 7) is 1.68. The molecule has 1 aliphatic rings. The van der Waals surface area contributed by atoms with Crippen molar-refractivity contribution >= 4 is 5.97 Å². The average Bonchev–Trinajstić information content (AvgIpc) is 2.73. The van der Waals surface area contributed by atoms with Gasteiger partial charge in [0.15, 0.2) is 6.29 Å². The molecule has 4 N–H and O–H groups in total. The summed E-state index contributed by atoms with van der Waals surface area (Å²) in [6, 6.07) is 14.6. The number of aliphatic hydroxyl groups excluding tert-OH is 4. The maximum atomic E-state index is 12.5. The van der Waals surface area contributed by atoms with Gasteiger partial charge in [-0.3, -0.25) is 0 Å². The Morgan fingerprint density at radius 3 is 2.45 bits per heavy atom. The first kappa shape index (κ1) is 21.2. The molecule has 1 fully saturated rings. The number of hydrogen-bond acceptors (Lipinski definition) is 8. The van der Waals surface area contributed by atoms with E-state index in [2.05, 4.69) is 0 Å². The Morgan fingerprint density at radius 2 is 1.72 bits per heavy atom. The number of aryl methyl sites for hydroxylation is 1. The van der Waals surface area contributed by atoms with E-state index in [0.29, 0.717) is 17.9 Å². The number of aliphatic hydroxyl groups is 4. The Morgan fingerprint density at radius 1 is 1.00 bits per heavy atom. The van der Waals surface area contributed by atoms with Crippen LogP contribution in [0.25, 0.3) is 0 Å². The van der Waals surface area contributed by atoms with Gasteiger partial charge in [-0.15, -0.1) is 0 Å². The Bertz CT molecular complexity index is 825. The molecule has 0 aliphatic carbocycles. The number of rotatable bonds is 6. The third-order valence-corrected chi connectivity index (χ3v) is 4.74. The second-order valence-corrected chi connectivity index (χ2v) is 6.89. The third-order valence-electron chi connectivity index (χ3n) is 4.74. The summed E-state index contributed by atoms with van der Waals surface area (Å²) in [5, 5.41) is 38.7. The van der Waals surface area contributed by atoms with Gasteiger partial charge in [-0.2, -0.15) is 0 Å². The van der Waals surface area contributed by atoms with Crippen LogP contribution in [0, 0.1) is 6.92 Å². The standard InChI is InChI=1S/C21H24O8/c1-12-7-8-14(27-10-13-5-3-2-4-6-13)9-15(12)20(25)28-11-16-17(22)18(23)19(24)21(26)29-16/h2-9,16-19,21-24,26H,10-11H2,1H3/t16-,17+,18+,19-,21?/m1/s1. The molecule has 0 aromatic heterocycles. The van der Waals surface area contributed by atoms with Crippen LogP contribution in [0.1, 0.15) is 21.5 Å². The van der Waals surface area contributed by atoms with Gasteiger partial charge in [-0.05, 0) is 30.2 Å². The van der Waals surface area contributed by atoms with Gasteiger partial charge in [-0.1, -0.05) is 36.4 Å². The smallest absolute Gasteiger partial charge is 0.338 e. The summed E-state index contributed by atoms with van der Waals surface area (Å²) < 4.78 is 15.9. The number of carbonyl (C=O) groups excluding carboxylic acids is 1. The second kappa shape index (κ2) is 9.34. The van der Waals surface area contributed by atoms with Crippen LogP contribution < -0.4 is 4.74 Å². The van der Waals surface area contributed by atoms with Crippen LogP contribution in [0.3, 0.4) is 0 Å². The van der Waals surface area contributed by atoms with E-state index in [-0.39, 0.29) is 5.56 Å². The molecule has 29 heavy (non-hydrogen) atoms. The molecule has 1 unspecified atom stereocenters. The molecule has 0 bridgehead atoms. The zero-order valence-corrected chi connectivity index (χ0v) is 15.8. The zero-order chi connectivity index (χ0) is 21.0. The van der Waals surface area contributed by atoms with Crippen LogP contribution in [0.2, 0.25) is 0 Å². The highest BCUT2D eigenvalue weighted by Gasteiger charge is 2.43. The summed E-state index contributed by atoms with van der Waals surface area (Å²) in [4.78, 5) is 12.5. The first-order valence-corrected chi connectivity index (χ1v) is 9.19. The van der Waals surface area contributed by atoms with Crippen molar-refractivity contribution in [3.05, 3.63) is 65.2 Å². The lowest BCUT2D eigenvalue weighted by Crippen LogP contribution is -2.58. The molecule has 1 aliphatic heterocycles. The summed E-state index contributed by atoms with van der Waals surface area (Å²) in [7, 11) is 0. The number of ether oxygens (including phenoxy) is 3. The maximum Gasteiger partial charge on any atom is 0.338 e. The molecule has 0 spiro atoms. The quantitative estimate of drug-likeness (QED) is 0.514. The lowest BCUT2D eigenvalue weighted by molar-refractivity contribution is -0.286. The first-order chi connectivity index (χ1) is 13.9. The molecule has 2 aromatic rings. The third kappa shape index (κ3) is 5.11. The minimum Gasteiger partial charge on any atom is -0.489 e.